The fraction of sp³-hybridized carbons (Fsp3) is 0.263. The van der Waals surface area contributed by atoms with Crippen LogP contribution in [0.5, 0.6) is 0 Å². The number of fused-ring (bicyclic) bond motifs is 2. The van der Waals surface area contributed by atoms with Crippen LogP contribution in [0, 0.1) is 6.92 Å². The molecular formula is C19H25N5. The van der Waals surface area contributed by atoms with Crippen LogP contribution in [0.25, 0.3) is 21.8 Å². The Morgan fingerprint density at radius 1 is 1.08 bits per heavy atom. The van der Waals surface area contributed by atoms with Crippen molar-refractivity contribution in [3.05, 3.63) is 59.9 Å². The maximum Gasteiger partial charge on any atom is 0.0700 e. The van der Waals surface area contributed by atoms with Gasteiger partial charge in [-0.2, -0.15) is 10.2 Å². The normalized spacial score (nSPS) is 10.0. The number of aromatic nitrogens is 4. The van der Waals surface area contributed by atoms with Gasteiger partial charge >= 0.3 is 0 Å². The van der Waals surface area contributed by atoms with Gasteiger partial charge in [0.25, 0.3) is 0 Å². The monoisotopic (exact) mass is 323 g/mol. The topological polar surface area (TPSA) is 72.5 Å². The molecule has 4 aromatic rings. The second-order valence-corrected chi connectivity index (χ2v) is 5.35. The first kappa shape index (κ1) is 17.7. The summed E-state index contributed by atoms with van der Waals surface area (Å²) in [6, 6.07) is 14.5. The average molecular weight is 323 g/mol. The summed E-state index contributed by atoms with van der Waals surface area (Å²) in [4.78, 5) is 0. The van der Waals surface area contributed by atoms with Crippen molar-refractivity contribution in [3.63, 3.8) is 0 Å². The summed E-state index contributed by atoms with van der Waals surface area (Å²) in [5.74, 6) is 0. The van der Waals surface area contributed by atoms with E-state index in [1.165, 1.54) is 34.6 Å². The molecule has 0 aliphatic carbocycles. The first-order valence-corrected chi connectivity index (χ1v) is 8.07. The molecule has 0 aliphatic rings. The van der Waals surface area contributed by atoms with E-state index in [0.29, 0.717) is 0 Å². The Labute approximate surface area is 142 Å². The number of aryl methyl sites for hydroxylation is 3. The van der Waals surface area contributed by atoms with Crippen LogP contribution in [-0.2, 0) is 13.5 Å². The molecule has 5 heteroatoms. The van der Waals surface area contributed by atoms with E-state index in [2.05, 4.69) is 59.1 Å². The zero-order valence-electron chi connectivity index (χ0n) is 14.7. The Balaban J connectivity index is 0.000000160. The third-order valence-electron chi connectivity index (χ3n) is 3.85. The molecule has 126 valence electrons. The first-order valence-electron chi connectivity index (χ1n) is 8.07. The summed E-state index contributed by atoms with van der Waals surface area (Å²) in [6.45, 7) is 4.20. The van der Waals surface area contributed by atoms with Gasteiger partial charge in [-0.05, 0) is 32.0 Å². The maximum atomic E-state index is 4.50. The number of aromatic amines is 1. The van der Waals surface area contributed by atoms with Gasteiger partial charge in [0.1, 0.15) is 0 Å². The first-order chi connectivity index (χ1) is 11.7. The molecule has 0 fully saturated rings. The summed E-state index contributed by atoms with van der Waals surface area (Å²) in [7, 11) is 3.49. The summed E-state index contributed by atoms with van der Waals surface area (Å²) < 4.78 is 1.94. The van der Waals surface area contributed by atoms with E-state index < -0.39 is 0 Å². The Kier molecular flexibility index (Phi) is 6.09. The second kappa shape index (κ2) is 8.26. The highest BCUT2D eigenvalue weighted by Crippen LogP contribution is 2.17. The molecule has 2 heterocycles. The van der Waals surface area contributed by atoms with Gasteiger partial charge in [0.15, 0.2) is 0 Å². The van der Waals surface area contributed by atoms with Gasteiger partial charge in [-0.25, -0.2) is 0 Å². The minimum absolute atomic E-state index is 1.00. The number of nitrogens with zero attached hydrogens (tertiary/aromatic N) is 3. The van der Waals surface area contributed by atoms with Crippen molar-refractivity contribution in [2.45, 2.75) is 20.3 Å². The zero-order chi connectivity index (χ0) is 17.5. The molecule has 0 bridgehead atoms. The average Bonchev–Trinajstić information content (AvgIpc) is 3.23. The minimum atomic E-state index is 1.00. The Morgan fingerprint density at radius 2 is 1.83 bits per heavy atom. The van der Waals surface area contributed by atoms with E-state index in [0.717, 1.165) is 11.9 Å². The number of benzene rings is 2. The number of nitrogens with two attached hydrogens (primary N) is 1. The number of H-pyrrole nitrogens is 1. The van der Waals surface area contributed by atoms with Crippen molar-refractivity contribution in [1.29, 1.82) is 0 Å². The lowest BCUT2D eigenvalue weighted by molar-refractivity contribution is 0.770. The van der Waals surface area contributed by atoms with E-state index in [-0.39, 0.29) is 0 Å². The molecule has 0 unspecified atom stereocenters. The number of hydrogen-bond acceptors (Lipinski definition) is 3. The molecular weight excluding hydrogens is 298 g/mol. The van der Waals surface area contributed by atoms with E-state index in [4.69, 9.17) is 0 Å². The molecule has 5 nitrogen and oxygen atoms in total. The second-order valence-electron chi connectivity index (χ2n) is 5.35. The Bertz CT molecular complexity index is 904. The van der Waals surface area contributed by atoms with Gasteiger partial charge in [0.2, 0.25) is 0 Å². The van der Waals surface area contributed by atoms with E-state index >= 15 is 0 Å². The van der Waals surface area contributed by atoms with Crippen molar-refractivity contribution in [3.8, 4) is 0 Å². The van der Waals surface area contributed by atoms with Crippen LogP contribution in [0.4, 0.5) is 0 Å². The number of rotatable bonds is 1. The van der Waals surface area contributed by atoms with Crippen LogP contribution in [0.1, 0.15) is 18.2 Å². The van der Waals surface area contributed by atoms with Gasteiger partial charge in [0.05, 0.1) is 22.9 Å². The molecule has 0 saturated heterocycles. The molecule has 0 amide bonds. The maximum absolute atomic E-state index is 4.50. The molecule has 0 saturated carbocycles. The molecule has 0 spiro atoms. The highest BCUT2D eigenvalue weighted by molar-refractivity contribution is 5.82. The third-order valence-corrected chi connectivity index (χ3v) is 3.85. The van der Waals surface area contributed by atoms with Crippen molar-refractivity contribution in [2.24, 2.45) is 12.8 Å². The van der Waals surface area contributed by atoms with Crippen molar-refractivity contribution in [1.82, 2.24) is 20.0 Å². The predicted molar refractivity (Wildman–Crippen MR) is 101 cm³/mol. The fourth-order valence-corrected chi connectivity index (χ4v) is 2.67. The smallest absolute Gasteiger partial charge is 0.0700 e. The summed E-state index contributed by atoms with van der Waals surface area (Å²) in [6.07, 6.45) is 2.84. The van der Waals surface area contributed by atoms with Crippen LogP contribution in [0.3, 0.4) is 0 Å². The quantitative estimate of drug-likeness (QED) is 0.562. The van der Waals surface area contributed by atoms with E-state index in [9.17, 15) is 0 Å². The third kappa shape index (κ3) is 3.63. The van der Waals surface area contributed by atoms with Crippen molar-refractivity contribution in [2.75, 3.05) is 7.05 Å². The molecule has 0 radical (unpaired) electrons. The molecule has 4 rings (SSSR count). The molecule has 2 aromatic heterocycles. The van der Waals surface area contributed by atoms with Crippen molar-refractivity contribution >= 4 is 21.8 Å². The molecule has 3 N–H and O–H groups in total. The highest BCUT2D eigenvalue weighted by Gasteiger charge is 2.04. The van der Waals surface area contributed by atoms with Crippen LogP contribution in [0.15, 0.2) is 48.7 Å². The van der Waals surface area contributed by atoms with Gasteiger partial charge in [-0.3, -0.25) is 9.78 Å². The SMILES string of the molecule is CCc1nn(C)c2ccccc12.CN.Cc1cccc2cn[nH]c12. The van der Waals surface area contributed by atoms with Crippen LogP contribution in [-0.4, -0.2) is 27.0 Å². The van der Waals surface area contributed by atoms with Gasteiger partial charge in [0, 0.05) is 17.8 Å². The summed E-state index contributed by atoms with van der Waals surface area (Å²) in [5.41, 5.74) is 9.29. The lowest BCUT2D eigenvalue weighted by atomic mass is 10.2. The Hall–Kier alpha value is -2.66. The van der Waals surface area contributed by atoms with Gasteiger partial charge in [-0.15, -0.1) is 0 Å². The number of hydrogen-bond donors (Lipinski definition) is 2. The van der Waals surface area contributed by atoms with Crippen LogP contribution < -0.4 is 5.73 Å². The van der Waals surface area contributed by atoms with E-state index in [1.807, 2.05) is 36.1 Å². The fourth-order valence-electron chi connectivity index (χ4n) is 2.67. The van der Waals surface area contributed by atoms with Crippen LogP contribution in [0.2, 0.25) is 0 Å². The summed E-state index contributed by atoms with van der Waals surface area (Å²) >= 11 is 0. The lowest BCUT2D eigenvalue weighted by Crippen LogP contribution is -1.90. The minimum Gasteiger partial charge on any atom is -0.333 e. The van der Waals surface area contributed by atoms with Crippen molar-refractivity contribution < 1.29 is 0 Å². The van der Waals surface area contributed by atoms with Gasteiger partial charge < -0.3 is 5.73 Å². The molecule has 2 aromatic carbocycles. The highest BCUT2D eigenvalue weighted by atomic mass is 15.3. The molecule has 0 aliphatic heterocycles. The standard InChI is InChI=1S/C10H12N2.C8H8N2.CH5N/c1-3-9-8-6-4-5-7-10(8)12(2)11-9;1-6-3-2-4-7-5-9-10-8(6)7;1-2/h4-7H,3H2,1-2H3;2-5H,1H3,(H,9,10);2H2,1H3. The lowest BCUT2D eigenvalue weighted by Gasteiger charge is -1.90. The van der Waals surface area contributed by atoms with Crippen LogP contribution >= 0.6 is 0 Å². The number of nitrogens with one attached hydrogen (secondary N) is 1. The summed E-state index contributed by atoms with van der Waals surface area (Å²) in [5, 5.41) is 13.8. The largest absolute Gasteiger partial charge is 0.333 e. The zero-order valence-corrected chi connectivity index (χ0v) is 14.7. The Morgan fingerprint density at radius 3 is 2.54 bits per heavy atom. The molecule has 24 heavy (non-hydrogen) atoms. The number of para-hydroxylation sites is 2. The predicted octanol–water partition coefficient (Wildman–Crippen LogP) is 3.58. The van der Waals surface area contributed by atoms with Gasteiger partial charge in [-0.1, -0.05) is 43.3 Å². The van der Waals surface area contributed by atoms with E-state index in [1.54, 1.807) is 0 Å². The molecule has 0 atom stereocenters.